The third kappa shape index (κ3) is 5.14. The number of ether oxygens (including phenoxy) is 1. The van der Waals surface area contributed by atoms with Gasteiger partial charge in [-0.1, -0.05) is 25.0 Å². The zero-order valence-corrected chi connectivity index (χ0v) is 19.7. The molecule has 2 aromatic rings. The number of methoxy groups -OCH3 is 1. The van der Waals surface area contributed by atoms with Crippen molar-refractivity contribution in [3.8, 4) is 5.75 Å². The zero-order chi connectivity index (χ0) is 23.4. The first-order valence-electron chi connectivity index (χ1n) is 11.4. The van der Waals surface area contributed by atoms with Crippen molar-refractivity contribution in [2.45, 2.75) is 43.4 Å². The molecular formula is C24H30FN3O4S. The smallest absolute Gasteiger partial charge is 0.243 e. The van der Waals surface area contributed by atoms with Crippen molar-refractivity contribution in [2.24, 2.45) is 0 Å². The van der Waals surface area contributed by atoms with E-state index in [1.54, 1.807) is 17.0 Å². The molecule has 0 radical (unpaired) electrons. The van der Waals surface area contributed by atoms with Crippen LogP contribution in [0.3, 0.4) is 0 Å². The fourth-order valence-electron chi connectivity index (χ4n) is 4.59. The minimum Gasteiger partial charge on any atom is -0.495 e. The third-order valence-electron chi connectivity index (χ3n) is 6.24. The van der Waals surface area contributed by atoms with Crippen molar-refractivity contribution >= 4 is 27.3 Å². The van der Waals surface area contributed by atoms with Crippen molar-refractivity contribution in [1.82, 2.24) is 4.31 Å². The average Bonchev–Trinajstić information content (AvgIpc) is 3.09. The summed E-state index contributed by atoms with van der Waals surface area (Å²) in [6.07, 6.45) is 5.33. The van der Waals surface area contributed by atoms with Crippen molar-refractivity contribution in [3.63, 3.8) is 0 Å². The highest BCUT2D eigenvalue weighted by Crippen LogP contribution is 2.32. The summed E-state index contributed by atoms with van der Waals surface area (Å²) >= 11 is 0. The van der Waals surface area contributed by atoms with E-state index in [0.29, 0.717) is 31.1 Å². The molecule has 1 amide bonds. The van der Waals surface area contributed by atoms with E-state index in [2.05, 4.69) is 5.32 Å². The van der Waals surface area contributed by atoms with E-state index in [-0.39, 0.29) is 28.9 Å². The number of hydrogen-bond acceptors (Lipinski definition) is 5. The van der Waals surface area contributed by atoms with Crippen LogP contribution in [-0.2, 0) is 21.2 Å². The fourth-order valence-corrected chi connectivity index (χ4v) is 6.13. The summed E-state index contributed by atoms with van der Waals surface area (Å²) < 4.78 is 47.7. The number of nitrogens with zero attached hydrogens (tertiary/aromatic N) is 2. The van der Waals surface area contributed by atoms with Crippen LogP contribution in [-0.4, -0.2) is 51.9 Å². The number of hydrogen-bond donors (Lipinski definition) is 1. The lowest BCUT2D eigenvalue weighted by Crippen LogP contribution is -2.37. The van der Waals surface area contributed by atoms with Gasteiger partial charge in [-0.3, -0.25) is 4.79 Å². The number of carbonyl (C=O) groups is 1. The molecule has 0 saturated carbocycles. The molecule has 2 aromatic carbocycles. The van der Waals surface area contributed by atoms with E-state index < -0.39 is 10.0 Å². The predicted molar refractivity (Wildman–Crippen MR) is 126 cm³/mol. The van der Waals surface area contributed by atoms with E-state index >= 15 is 0 Å². The van der Waals surface area contributed by atoms with Crippen molar-refractivity contribution in [2.75, 3.05) is 43.5 Å². The monoisotopic (exact) mass is 475 g/mol. The third-order valence-corrected chi connectivity index (χ3v) is 8.14. The summed E-state index contributed by atoms with van der Waals surface area (Å²) in [6.45, 7) is 1.52. The summed E-state index contributed by atoms with van der Waals surface area (Å²) in [6, 6.07) is 9.46. The number of halogens is 1. The van der Waals surface area contributed by atoms with Crippen molar-refractivity contribution in [1.29, 1.82) is 0 Å². The molecule has 0 bridgehead atoms. The van der Waals surface area contributed by atoms with E-state index in [0.717, 1.165) is 44.1 Å². The first kappa shape index (κ1) is 23.5. The summed E-state index contributed by atoms with van der Waals surface area (Å²) in [5.74, 6) is -0.347. The number of anilines is 2. The Bertz CT molecular complexity index is 1110. The molecule has 0 spiro atoms. The van der Waals surface area contributed by atoms with Gasteiger partial charge in [0.15, 0.2) is 0 Å². The van der Waals surface area contributed by atoms with Gasteiger partial charge in [0.1, 0.15) is 11.6 Å². The van der Waals surface area contributed by atoms with Gasteiger partial charge in [-0.25, -0.2) is 12.8 Å². The molecule has 2 aliphatic heterocycles. The van der Waals surface area contributed by atoms with Crippen LogP contribution in [0.4, 0.5) is 15.8 Å². The predicted octanol–water partition coefficient (Wildman–Crippen LogP) is 3.79. The Hall–Kier alpha value is -2.65. The van der Waals surface area contributed by atoms with Crippen molar-refractivity contribution in [3.05, 3.63) is 47.8 Å². The van der Waals surface area contributed by atoms with E-state index in [9.17, 15) is 17.6 Å². The van der Waals surface area contributed by atoms with Gasteiger partial charge in [0.2, 0.25) is 15.9 Å². The van der Waals surface area contributed by atoms with Gasteiger partial charge in [0.05, 0.1) is 29.9 Å². The largest absolute Gasteiger partial charge is 0.495 e. The number of sulfonamides is 1. The molecule has 178 valence electrons. The first-order valence-corrected chi connectivity index (χ1v) is 12.8. The van der Waals surface area contributed by atoms with Gasteiger partial charge in [-0.2, -0.15) is 4.31 Å². The van der Waals surface area contributed by atoms with Crippen LogP contribution in [0.5, 0.6) is 5.75 Å². The van der Waals surface area contributed by atoms with E-state index in [1.165, 1.54) is 29.6 Å². The first-order chi connectivity index (χ1) is 15.9. The van der Waals surface area contributed by atoms with Crippen LogP contribution in [0.15, 0.2) is 41.3 Å². The molecule has 1 N–H and O–H groups in total. The highest BCUT2D eigenvalue weighted by Gasteiger charge is 2.27. The maximum Gasteiger partial charge on any atom is 0.243 e. The Kier molecular flexibility index (Phi) is 7.19. The quantitative estimate of drug-likeness (QED) is 0.688. The molecule has 1 saturated heterocycles. The Balaban J connectivity index is 1.54. The van der Waals surface area contributed by atoms with Gasteiger partial charge in [0.25, 0.3) is 0 Å². The Labute approximate surface area is 194 Å². The molecule has 9 heteroatoms. The molecular weight excluding hydrogens is 445 g/mol. The van der Waals surface area contributed by atoms with Crippen LogP contribution in [0.1, 0.15) is 37.7 Å². The maximum absolute atomic E-state index is 14.4. The number of fused-ring (bicyclic) bond motifs is 1. The molecule has 2 heterocycles. The SMILES string of the molecule is COc1ccc(S(=O)(=O)N2CCCCCC2)cc1NC(=O)CN1CCCc2cccc(F)c21. The standard InChI is InChI=1S/C24H30FN3O4S/c1-32-22-12-11-19(33(30,31)28-14-4-2-3-5-15-28)16-21(22)26-23(29)17-27-13-7-9-18-8-6-10-20(25)24(18)27/h6,8,10-12,16H,2-5,7,9,13-15,17H2,1H3,(H,26,29). The fraction of sp³-hybridized carbons (Fsp3) is 0.458. The molecule has 33 heavy (non-hydrogen) atoms. The topological polar surface area (TPSA) is 79.0 Å². The minimum atomic E-state index is -3.67. The molecule has 0 aromatic heterocycles. The van der Waals surface area contributed by atoms with Crippen molar-refractivity contribution < 1.29 is 22.3 Å². The van der Waals surface area contributed by atoms with E-state index in [4.69, 9.17) is 4.74 Å². The number of rotatable bonds is 6. The normalized spacial score (nSPS) is 17.2. The van der Waals surface area contributed by atoms with E-state index in [1.807, 2.05) is 6.07 Å². The molecule has 0 atom stereocenters. The molecule has 0 unspecified atom stereocenters. The Morgan fingerprint density at radius 1 is 1.06 bits per heavy atom. The Morgan fingerprint density at radius 2 is 1.82 bits per heavy atom. The van der Waals surface area contributed by atoms with Gasteiger partial charge in [-0.15, -0.1) is 0 Å². The van der Waals surface area contributed by atoms with Gasteiger partial charge < -0.3 is 15.0 Å². The summed E-state index contributed by atoms with van der Waals surface area (Å²) in [5.41, 5.74) is 1.63. The summed E-state index contributed by atoms with van der Waals surface area (Å²) in [4.78, 5) is 14.7. The molecule has 2 aliphatic rings. The molecule has 4 rings (SSSR count). The molecule has 7 nitrogen and oxygen atoms in total. The lowest BCUT2D eigenvalue weighted by atomic mass is 10.0. The number of nitrogens with one attached hydrogen (secondary N) is 1. The second-order valence-electron chi connectivity index (χ2n) is 8.50. The molecule has 0 aliphatic carbocycles. The van der Waals surface area contributed by atoms with Crippen LogP contribution in [0.2, 0.25) is 0 Å². The summed E-state index contributed by atoms with van der Waals surface area (Å²) in [7, 11) is -2.21. The number of benzene rings is 2. The van der Waals surface area contributed by atoms with Crippen LogP contribution < -0.4 is 15.0 Å². The summed E-state index contributed by atoms with van der Waals surface area (Å²) in [5, 5.41) is 2.78. The number of carbonyl (C=O) groups excluding carboxylic acids is 1. The van der Waals surface area contributed by atoms with Gasteiger partial charge in [-0.05, 0) is 55.5 Å². The lowest BCUT2D eigenvalue weighted by molar-refractivity contribution is -0.115. The van der Waals surface area contributed by atoms with Crippen LogP contribution >= 0.6 is 0 Å². The number of aryl methyl sites for hydroxylation is 1. The van der Waals surface area contributed by atoms with Crippen LogP contribution in [0.25, 0.3) is 0 Å². The Morgan fingerprint density at radius 3 is 2.55 bits per heavy atom. The maximum atomic E-state index is 14.4. The van der Waals surface area contributed by atoms with Gasteiger partial charge >= 0.3 is 0 Å². The number of para-hydroxylation sites is 1. The molecule has 1 fully saturated rings. The zero-order valence-electron chi connectivity index (χ0n) is 18.8. The van der Waals surface area contributed by atoms with Gasteiger partial charge in [0, 0.05) is 19.6 Å². The lowest BCUT2D eigenvalue weighted by Gasteiger charge is -2.31. The minimum absolute atomic E-state index is 0.0415. The highest BCUT2D eigenvalue weighted by molar-refractivity contribution is 7.89. The second kappa shape index (κ2) is 10.1. The number of amides is 1. The van der Waals surface area contributed by atoms with Crippen LogP contribution in [0, 0.1) is 5.82 Å². The average molecular weight is 476 g/mol. The second-order valence-corrected chi connectivity index (χ2v) is 10.4. The highest BCUT2D eigenvalue weighted by atomic mass is 32.2.